The molecule has 2 aromatic carbocycles. The number of fused-ring (bicyclic) bond motifs is 1. The van der Waals surface area contributed by atoms with Gasteiger partial charge in [0.25, 0.3) is 0 Å². The van der Waals surface area contributed by atoms with Crippen molar-refractivity contribution >= 4 is 16.5 Å². The highest BCUT2D eigenvalue weighted by atomic mass is 19.4. The SMILES string of the molecule is Nc1ccc2cc(C(F)(F)F)cc(O)c2c1. The third-order valence-corrected chi connectivity index (χ3v) is 2.28. The van der Waals surface area contributed by atoms with E-state index in [0.29, 0.717) is 22.5 Å². The monoisotopic (exact) mass is 227 g/mol. The van der Waals surface area contributed by atoms with Crippen LogP contribution in [0.3, 0.4) is 0 Å². The number of halogens is 3. The molecule has 0 atom stereocenters. The second-order valence-corrected chi connectivity index (χ2v) is 3.47. The quantitative estimate of drug-likeness (QED) is 0.679. The number of anilines is 1. The minimum Gasteiger partial charge on any atom is -0.507 e. The van der Waals surface area contributed by atoms with Crippen LogP contribution in [-0.2, 0) is 6.18 Å². The van der Waals surface area contributed by atoms with Crippen LogP contribution in [0.4, 0.5) is 18.9 Å². The number of aromatic hydroxyl groups is 1. The molecule has 2 nitrogen and oxygen atoms in total. The molecule has 0 fully saturated rings. The molecule has 0 aliphatic carbocycles. The van der Waals surface area contributed by atoms with E-state index in [2.05, 4.69) is 0 Å². The zero-order chi connectivity index (χ0) is 11.9. The lowest BCUT2D eigenvalue weighted by atomic mass is 10.0. The van der Waals surface area contributed by atoms with Crippen molar-refractivity contribution in [2.75, 3.05) is 5.73 Å². The van der Waals surface area contributed by atoms with Crippen LogP contribution in [0.25, 0.3) is 10.8 Å². The van der Waals surface area contributed by atoms with E-state index in [0.717, 1.165) is 6.07 Å². The van der Waals surface area contributed by atoms with Gasteiger partial charge in [0, 0.05) is 11.1 Å². The molecule has 0 aliphatic heterocycles. The van der Waals surface area contributed by atoms with Crippen LogP contribution in [0.1, 0.15) is 5.56 Å². The minimum absolute atomic E-state index is 0.307. The summed E-state index contributed by atoms with van der Waals surface area (Å²) in [7, 11) is 0. The first-order chi connectivity index (χ1) is 7.38. The van der Waals surface area contributed by atoms with Gasteiger partial charge >= 0.3 is 6.18 Å². The number of phenolic OH excluding ortho intramolecular Hbond substituents is 1. The Morgan fingerprint density at radius 2 is 1.75 bits per heavy atom. The molecular weight excluding hydrogens is 219 g/mol. The van der Waals surface area contributed by atoms with Crippen molar-refractivity contribution < 1.29 is 18.3 Å². The van der Waals surface area contributed by atoms with Gasteiger partial charge in [0.05, 0.1) is 5.56 Å². The molecule has 0 unspecified atom stereocenters. The Kier molecular flexibility index (Phi) is 2.18. The molecule has 16 heavy (non-hydrogen) atoms. The molecule has 0 aromatic heterocycles. The van der Waals surface area contributed by atoms with Crippen LogP contribution in [0, 0.1) is 0 Å². The zero-order valence-corrected chi connectivity index (χ0v) is 8.05. The molecule has 2 rings (SSSR count). The molecule has 0 heterocycles. The molecule has 0 bridgehead atoms. The van der Waals surface area contributed by atoms with Gasteiger partial charge in [-0.1, -0.05) is 6.07 Å². The number of rotatable bonds is 0. The molecule has 3 N–H and O–H groups in total. The molecule has 0 aliphatic rings. The fraction of sp³-hybridized carbons (Fsp3) is 0.0909. The summed E-state index contributed by atoms with van der Waals surface area (Å²) in [5, 5.41) is 10.1. The predicted octanol–water partition coefficient (Wildman–Crippen LogP) is 3.15. The summed E-state index contributed by atoms with van der Waals surface area (Å²) < 4.78 is 37.3. The van der Waals surface area contributed by atoms with Gasteiger partial charge in [0.2, 0.25) is 0 Å². The van der Waals surface area contributed by atoms with Crippen molar-refractivity contribution in [2.45, 2.75) is 6.18 Å². The Labute approximate surface area is 89.1 Å². The maximum Gasteiger partial charge on any atom is 0.416 e. The van der Waals surface area contributed by atoms with Crippen LogP contribution >= 0.6 is 0 Å². The average Bonchev–Trinajstić information content (AvgIpc) is 2.17. The highest BCUT2D eigenvalue weighted by molar-refractivity contribution is 5.91. The Morgan fingerprint density at radius 3 is 2.38 bits per heavy atom. The van der Waals surface area contributed by atoms with E-state index in [1.807, 2.05) is 0 Å². The lowest BCUT2D eigenvalue weighted by Gasteiger charge is -2.09. The fourth-order valence-electron chi connectivity index (χ4n) is 1.52. The lowest BCUT2D eigenvalue weighted by Crippen LogP contribution is -2.04. The van der Waals surface area contributed by atoms with Gasteiger partial charge in [0.15, 0.2) is 0 Å². The highest BCUT2D eigenvalue weighted by Crippen LogP contribution is 2.36. The number of hydrogen-bond donors (Lipinski definition) is 2. The predicted molar refractivity (Wildman–Crippen MR) is 55.0 cm³/mol. The maximum absolute atomic E-state index is 12.4. The Hall–Kier alpha value is -1.91. The van der Waals surface area contributed by atoms with E-state index < -0.39 is 17.5 Å². The number of phenols is 1. The topological polar surface area (TPSA) is 46.2 Å². The summed E-state index contributed by atoms with van der Waals surface area (Å²) in [5.41, 5.74) is 5.00. The van der Waals surface area contributed by atoms with Crippen molar-refractivity contribution in [1.82, 2.24) is 0 Å². The average molecular weight is 227 g/mol. The van der Waals surface area contributed by atoms with E-state index in [1.165, 1.54) is 18.2 Å². The Morgan fingerprint density at radius 1 is 1.06 bits per heavy atom. The van der Waals surface area contributed by atoms with E-state index in [1.54, 1.807) is 0 Å². The number of benzene rings is 2. The normalized spacial score (nSPS) is 11.9. The maximum atomic E-state index is 12.4. The summed E-state index contributed by atoms with van der Waals surface area (Å²) in [4.78, 5) is 0. The highest BCUT2D eigenvalue weighted by Gasteiger charge is 2.31. The van der Waals surface area contributed by atoms with E-state index in [4.69, 9.17) is 5.73 Å². The van der Waals surface area contributed by atoms with Gasteiger partial charge in [-0.25, -0.2) is 0 Å². The smallest absolute Gasteiger partial charge is 0.416 e. The molecule has 84 valence electrons. The minimum atomic E-state index is -4.47. The van der Waals surface area contributed by atoms with Crippen LogP contribution in [0.5, 0.6) is 5.75 Å². The van der Waals surface area contributed by atoms with Crippen LogP contribution < -0.4 is 5.73 Å². The van der Waals surface area contributed by atoms with Gasteiger partial charge in [-0.15, -0.1) is 0 Å². The van der Waals surface area contributed by atoms with Gasteiger partial charge in [-0.05, 0) is 29.7 Å². The van der Waals surface area contributed by atoms with Gasteiger partial charge < -0.3 is 10.8 Å². The summed E-state index contributed by atoms with van der Waals surface area (Å²) in [5.74, 6) is -0.419. The third-order valence-electron chi connectivity index (χ3n) is 2.28. The summed E-state index contributed by atoms with van der Waals surface area (Å²) in [6, 6.07) is 6.04. The van der Waals surface area contributed by atoms with Crippen LogP contribution in [0.2, 0.25) is 0 Å². The van der Waals surface area contributed by atoms with Crippen molar-refractivity contribution in [2.24, 2.45) is 0 Å². The zero-order valence-electron chi connectivity index (χ0n) is 8.05. The van der Waals surface area contributed by atoms with E-state index in [-0.39, 0.29) is 0 Å². The van der Waals surface area contributed by atoms with Crippen LogP contribution in [-0.4, -0.2) is 5.11 Å². The van der Waals surface area contributed by atoms with E-state index >= 15 is 0 Å². The second kappa shape index (κ2) is 3.30. The number of nitrogen functional groups attached to an aromatic ring is 1. The van der Waals surface area contributed by atoms with Gasteiger partial charge in [0.1, 0.15) is 5.75 Å². The molecule has 0 saturated heterocycles. The summed E-state index contributed by atoms with van der Waals surface area (Å²) in [6.07, 6.45) is -4.47. The van der Waals surface area contributed by atoms with Crippen molar-refractivity contribution in [1.29, 1.82) is 0 Å². The third kappa shape index (κ3) is 1.76. The first-order valence-electron chi connectivity index (χ1n) is 4.47. The van der Waals surface area contributed by atoms with Crippen LogP contribution in [0.15, 0.2) is 30.3 Å². The Balaban J connectivity index is 2.74. The first-order valence-corrected chi connectivity index (χ1v) is 4.47. The molecule has 2 aromatic rings. The fourth-order valence-corrected chi connectivity index (χ4v) is 1.52. The molecular formula is C11H8F3NO. The van der Waals surface area contributed by atoms with Crippen molar-refractivity contribution in [3.05, 3.63) is 35.9 Å². The standard InChI is InChI=1S/C11H8F3NO/c12-11(13,14)7-3-6-1-2-8(15)5-9(6)10(16)4-7/h1-5,16H,15H2. The largest absolute Gasteiger partial charge is 0.507 e. The molecule has 0 saturated carbocycles. The number of hydrogen-bond acceptors (Lipinski definition) is 2. The first kappa shape index (κ1) is 10.6. The molecule has 0 spiro atoms. The number of alkyl halides is 3. The molecule has 0 radical (unpaired) electrons. The van der Waals surface area contributed by atoms with Gasteiger partial charge in [-0.3, -0.25) is 0 Å². The Bertz CT molecular complexity index is 549. The summed E-state index contributed by atoms with van der Waals surface area (Å²) in [6.45, 7) is 0. The second-order valence-electron chi connectivity index (χ2n) is 3.47. The van der Waals surface area contributed by atoms with Crippen molar-refractivity contribution in [3.63, 3.8) is 0 Å². The lowest BCUT2D eigenvalue weighted by molar-refractivity contribution is -0.137. The van der Waals surface area contributed by atoms with E-state index in [9.17, 15) is 18.3 Å². The molecule has 5 heteroatoms. The molecule has 0 amide bonds. The summed E-state index contributed by atoms with van der Waals surface area (Å²) >= 11 is 0. The van der Waals surface area contributed by atoms with Gasteiger partial charge in [-0.2, -0.15) is 13.2 Å². The van der Waals surface area contributed by atoms with Crippen molar-refractivity contribution in [3.8, 4) is 5.75 Å². The number of nitrogens with two attached hydrogens (primary N) is 1.